The minimum Gasteiger partial charge on any atom is -0.255 e. The van der Waals surface area contributed by atoms with Crippen molar-refractivity contribution in [2.75, 3.05) is 0 Å². The number of aromatic nitrogens is 1. The molecule has 0 atom stereocenters. The fourth-order valence-corrected chi connectivity index (χ4v) is 1.66. The van der Waals surface area contributed by atoms with Crippen molar-refractivity contribution in [2.45, 2.75) is 13.3 Å². The van der Waals surface area contributed by atoms with Gasteiger partial charge in [-0.2, -0.15) is 0 Å². The number of allylic oxidation sites excluding steroid dienone is 2. The maximum absolute atomic E-state index is 4.34. The van der Waals surface area contributed by atoms with Crippen LogP contribution in [0.3, 0.4) is 0 Å². The zero-order valence-corrected chi connectivity index (χ0v) is 8.20. The van der Waals surface area contributed by atoms with Gasteiger partial charge in [-0.15, -0.1) is 0 Å². The average molecular weight is 184 g/mol. The number of pyridine rings is 1. The molecule has 0 amide bonds. The molecule has 0 saturated heterocycles. The zero-order valence-electron chi connectivity index (χ0n) is 8.20. The summed E-state index contributed by atoms with van der Waals surface area (Å²) in [6.45, 7) is 5.71. The van der Waals surface area contributed by atoms with E-state index in [1.807, 2.05) is 6.07 Å². The number of fused-ring (bicyclic) bond motifs is 1. The highest BCUT2D eigenvalue weighted by atomic mass is 14.8. The first kappa shape index (κ1) is 8.88. The van der Waals surface area contributed by atoms with E-state index < -0.39 is 0 Å². The first-order chi connectivity index (χ1) is 6.83. The third kappa shape index (κ3) is 1.39. The van der Waals surface area contributed by atoms with Crippen LogP contribution in [0.15, 0.2) is 41.6 Å². The van der Waals surface area contributed by atoms with E-state index in [1.54, 1.807) is 18.5 Å². The highest BCUT2D eigenvalue weighted by Gasteiger charge is 2.18. The monoisotopic (exact) mass is 184 g/mol. The van der Waals surface area contributed by atoms with E-state index in [0.717, 1.165) is 17.8 Å². The maximum Gasteiger partial charge on any atom is 0.0920 e. The molecule has 0 N–H and O–H groups in total. The van der Waals surface area contributed by atoms with Crippen molar-refractivity contribution in [1.29, 1.82) is 0 Å². The van der Waals surface area contributed by atoms with Crippen molar-refractivity contribution in [3.05, 3.63) is 47.8 Å². The van der Waals surface area contributed by atoms with E-state index >= 15 is 0 Å². The van der Waals surface area contributed by atoms with Crippen molar-refractivity contribution in [2.24, 2.45) is 4.99 Å². The van der Waals surface area contributed by atoms with Gasteiger partial charge in [0, 0.05) is 12.4 Å². The van der Waals surface area contributed by atoms with Crippen LogP contribution in [-0.4, -0.2) is 11.2 Å². The largest absolute Gasteiger partial charge is 0.255 e. The van der Waals surface area contributed by atoms with E-state index in [-0.39, 0.29) is 0 Å². The van der Waals surface area contributed by atoms with E-state index in [2.05, 4.69) is 29.5 Å². The molecule has 0 bridgehead atoms. The summed E-state index contributed by atoms with van der Waals surface area (Å²) in [6.07, 6.45) is 6.16. The number of nitrogens with zero attached hydrogens (tertiary/aromatic N) is 2. The Labute approximate surface area is 83.7 Å². The fraction of sp³-hybridized carbons (Fsp3) is 0.167. The van der Waals surface area contributed by atoms with Gasteiger partial charge >= 0.3 is 0 Å². The van der Waals surface area contributed by atoms with Crippen molar-refractivity contribution in [3.8, 4) is 0 Å². The molecule has 0 fully saturated rings. The molecular formula is C12H12N2. The molecule has 1 aromatic heterocycles. The van der Waals surface area contributed by atoms with Crippen LogP contribution < -0.4 is 0 Å². The van der Waals surface area contributed by atoms with Crippen LogP contribution in [0, 0.1) is 0 Å². The minimum absolute atomic E-state index is 0.965. The molecule has 14 heavy (non-hydrogen) atoms. The number of rotatable bonds is 2. The van der Waals surface area contributed by atoms with Crippen molar-refractivity contribution >= 4 is 11.9 Å². The Morgan fingerprint density at radius 1 is 1.57 bits per heavy atom. The Morgan fingerprint density at radius 2 is 2.43 bits per heavy atom. The lowest BCUT2D eigenvalue weighted by atomic mass is 10.2. The minimum atomic E-state index is 0.965. The van der Waals surface area contributed by atoms with Gasteiger partial charge in [-0.05, 0) is 30.5 Å². The van der Waals surface area contributed by atoms with Gasteiger partial charge in [0.25, 0.3) is 0 Å². The predicted molar refractivity (Wildman–Crippen MR) is 59.2 cm³/mol. The standard InChI is InChI=1S/C12H12N2/c1-3-6-13-11-9(2)8-10-5-4-7-14-12(10)11/h3-7H,1,8H2,2H3/b13-6-. The summed E-state index contributed by atoms with van der Waals surface area (Å²) in [5.41, 5.74) is 4.56. The Hall–Kier alpha value is -1.70. The fourth-order valence-electron chi connectivity index (χ4n) is 1.66. The lowest BCUT2D eigenvalue weighted by Crippen LogP contribution is -1.86. The molecule has 1 heterocycles. The molecule has 2 heteroatoms. The summed E-state index contributed by atoms with van der Waals surface area (Å²) in [4.78, 5) is 8.68. The number of hydrogen-bond donors (Lipinski definition) is 0. The highest BCUT2D eigenvalue weighted by Crippen LogP contribution is 2.31. The zero-order chi connectivity index (χ0) is 9.97. The van der Waals surface area contributed by atoms with Crippen LogP contribution in [0.25, 0.3) is 5.70 Å². The molecular weight excluding hydrogens is 172 g/mol. The summed E-state index contributed by atoms with van der Waals surface area (Å²) in [5.74, 6) is 0. The van der Waals surface area contributed by atoms with Crippen LogP contribution in [0.5, 0.6) is 0 Å². The molecule has 1 aliphatic rings. The lowest BCUT2D eigenvalue weighted by Gasteiger charge is -1.97. The molecule has 0 unspecified atom stereocenters. The second kappa shape index (κ2) is 3.58. The normalized spacial score (nSPS) is 14.9. The van der Waals surface area contributed by atoms with Crippen LogP contribution in [0.1, 0.15) is 18.2 Å². The Kier molecular flexibility index (Phi) is 2.27. The van der Waals surface area contributed by atoms with Gasteiger partial charge in [0.2, 0.25) is 0 Å². The molecule has 0 aromatic carbocycles. The Bertz CT molecular complexity index is 428. The highest BCUT2D eigenvalue weighted by molar-refractivity contribution is 5.82. The summed E-state index contributed by atoms with van der Waals surface area (Å²) in [5, 5.41) is 0. The molecule has 2 nitrogen and oxygen atoms in total. The molecule has 1 aromatic rings. The average Bonchev–Trinajstić information content (AvgIpc) is 2.51. The second-order valence-corrected chi connectivity index (χ2v) is 3.33. The van der Waals surface area contributed by atoms with E-state index in [0.29, 0.717) is 0 Å². The molecule has 1 aliphatic carbocycles. The van der Waals surface area contributed by atoms with Gasteiger partial charge in [0.1, 0.15) is 0 Å². The van der Waals surface area contributed by atoms with Gasteiger partial charge in [0.05, 0.1) is 11.4 Å². The van der Waals surface area contributed by atoms with Crippen LogP contribution in [-0.2, 0) is 6.42 Å². The number of hydrogen-bond acceptors (Lipinski definition) is 2. The van der Waals surface area contributed by atoms with Gasteiger partial charge in [0.15, 0.2) is 0 Å². The summed E-state index contributed by atoms with van der Waals surface area (Å²) in [6, 6.07) is 4.06. The van der Waals surface area contributed by atoms with Crippen molar-refractivity contribution in [1.82, 2.24) is 4.98 Å². The quantitative estimate of drug-likeness (QED) is 0.648. The number of aliphatic imine (C=N–C) groups is 1. The van der Waals surface area contributed by atoms with Crippen LogP contribution in [0.4, 0.5) is 0 Å². The Balaban J connectivity index is 2.45. The second-order valence-electron chi connectivity index (χ2n) is 3.33. The van der Waals surface area contributed by atoms with Crippen LogP contribution >= 0.6 is 0 Å². The molecule has 0 spiro atoms. The van der Waals surface area contributed by atoms with Crippen molar-refractivity contribution < 1.29 is 0 Å². The first-order valence-corrected chi connectivity index (χ1v) is 4.62. The third-order valence-electron chi connectivity index (χ3n) is 2.28. The molecule has 0 saturated carbocycles. The van der Waals surface area contributed by atoms with Gasteiger partial charge < -0.3 is 0 Å². The molecule has 70 valence electrons. The van der Waals surface area contributed by atoms with Gasteiger partial charge in [-0.25, -0.2) is 0 Å². The van der Waals surface area contributed by atoms with E-state index in [4.69, 9.17) is 0 Å². The first-order valence-electron chi connectivity index (χ1n) is 4.62. The predicted octanol–water partition coefficient (Wildman–Crippen LogP) is 2.63. The van der Waals surface area contributed by atoms with Crippen molar-refractivity contribution in [3.63, 3.8) is 0 Å². The SMILES string of the molecule is C=C/C=N\C1=C(C)Cc2cccnc21. The summed E-state index contributed by atoms with van der Waals surface area (Å²) in [7, 11) is 0. The lowest BCUT2D eigenvalue weighted by molar-refractivity contribution is 1.16. The van der Waals surface area contributed by atoms with E-state index in [9.17, 15) is 0 Å². The van der Waals surface area contributed by atoms with Gasteiger partial charge in [-0.1, -0.05) is 18.7 Å². The molecule has 0 radical (unpaired) electrons. The van der Waals surface area contributed by atoms with Crippen LogP contribution in [0.2, 0.25) is 0 Å². The summed E-state index contributed by atoms with van der Waals surface area (Å²) < 4.78 is 0. The van der Waals surface area contributed by atoms with E-state index in [1.165, 1.54) is 11.1 Å². The topological polar surface area (TPSA) is 25.2 Å². The molecule has 0 aliphatic heterocycles. The molecule has 2 rings (SSSR count). The van der Waals surface area contributed by atoms with Gasteiger partial charge in [-0.3, -0.25) is 9.98 Å². The third-order valence-corrected chi connectivity index (χ3v) is 2.28. The smallest absolute Gasteiger partial charge is 0.0920 e. The summed E-state index contributed by atoms with van der Waals surface area (Å²) >= 11 is 0. The maximum atomic E-state index is 4.34. The Morgan fingerprint density at radius 3 is 3.21 bits per heavy atom.